The Morgan fingerprint density at radius 2 is 2.30 bits per heavy atom. The molecule has 2 unspecified atom stereocenters. The van der Waals surface area contributed by atoms with Gasteiger partial charge in [-0.1, -0.05) is 18.0 Å². The third kappa shape index (κ3) is 3.58. The molecular formula is C14H20ClN3OS. The Labute approximate surface area is 129 Å². The highest BCUT2D eigenvalue weighted by atomic mass is 35.5. The van der Waals surface area contributed by atoms with E-state index in [4.69, 9.17) is 11.6 Å². The summed E-state index contributed by atoms with van der Waals surface area (Å²) in [7, 11) is 0. The predicted octanol–water partition coefficient (Wildman–Crippen LogP) is 3.18. The number of anilines is 1. The van der Waals surface area contributed by atoms with Crippen molar-refractivity contribution in [1.82, 2.24) is 10.3 Å². The number of rotatable bonds is 5. The first-order chi connectivity index (χ1) is 9.65. The Balaban J connectivity index is 2.10. The highest BCUT2D eigenvalue weighted by Gasteiger charge is 2.28. The molecule has 0 radical (unpaired) electrons. The Bertz CT molecular complexity index is 483. The third-order valence-electron chi connectivity index (χ3n) is 3.49. The van der Waals surface area contributed by atoms with Crippen LogP contribution in [0.1, 0.15) is 36.7 Å². The molecule has 1 fully saturated rings. The number of carbonyl (C=O) groups excluding carboxylic acids is 1. The molecule has 0 aliphatic heterocycles. The number of thioether (sulfide) groups is 1. The second kappa shape index (κ2) is 7.18. The van der Waals surface area contributed by atoms with Gasteiger partial charge in [0.05, 0.1) is 5.02 Å². The van der Waals surface area contributed by atoms with E-state index in [0.717, 1.165) is 25.8 Å². The van der Waals surface area contributed by atoms with Crippen LogP contribution in [-0.2, 0) is 0 Å². The lowest BCUT2D eigenvalue weighted by Crippen LogP contribution is -2.39. The smallest absolute Gasteiger partial charge is 0.271 e. The van der Waals surface area contributed by atoms with E-state index >= 15 is 0 Å². The zero-order valence-electron chi connectivity index (χ0n) is 11.8. The van der Waals surface area contributed by atoms with Gasteiger partial charge in [0.15, 0.2) is 0 Å². The minimum absolute atomic E-state index is 0.180. The Kier molecular flexibility index (Phi) is 5.54. The van der Waals surface area contributed by atoms with Crippen LogP contribution >= 0.6 is 23.4 Å². The first-order valence-corrected chi connectivity index (χ1v) is 8.56. The van der Waals surface area contributed by atoms with Crippen molar-refractivity contribution in [2.45, 2.75) is 37.5 Å². The van der Waals surface area contributed by atoms with Crippen LogP contribution in [0.2, 0.25) is 5.02 Å². The van der Waals surface area contributed by atoms with Crippen LogP contribution in [-0.4, -0.2) is 35.0 Å². The molecule has 0 bridgehead atoms. The van der Waals surface area contributed by atoms with Crippen LogP contribution in [0.3, 0.4) is 0 Å². The van der Waals surface area contributed by atoms with Gasteiger partial charge in [-0.15, -0.1) is 0 Å². The summed E-state index contributed by atoms with van der Waals surface area (Å²) in [5.74, 6) is 0.496. The first kappa shape index (κ1) is 15.4. The van der Waals surface area contributed by atoms with Gasteiger partial charge in [-0.3, -0.25) is 4.79 Å². The number of amides is 1. The van der Waals surface area contributed by atoms with Gasteiger partial charge in [0.2, 0.25) is 0 Å². The number of hydrogen-bond donors (Lipinski definition) is 2. The van der Waals surface area contributed by atoms with E-state index in [2.05, 4.69) is 21.9 Å². The van der Waals surface area contributed by atoms with Crippen molar-refractivity contribution in [3.8, 4) is 0 Å². The molecule has 1 saturated carbocycles. The number of nitrogens with one attached hydrogen (secondary N) is 2. The Morgan fingerprint density at radius 3 is 3.00 bits per heavy atom. The van der Waals surface area contributed by atoms with Gasteiger partial charge in [0.1, 0.15) is 11.5 Å². The van der Waals surface area contributed by atoms with Gasteiger partial charge >= 0.3 is 0 Å². The normalized spacial score (nSPS) is 21.8. The number of halogens is 1. The van der Waals surface area contributed by atoms with Crippen LogP contribution in [0.4, 0.5) is 5.82 Å². The molecular weight excluding hydrogens is 294 g/mol. The number of aromatic nitrogens is 1. The van der Waals surface area contributed by atoms with Crippen molar-refractivity contribution in [1.29, 1.82) is 0 Å². The average Bonchev–Trinajstić information content (AvgIpc) is 2.88. The van der Waals surface area contributed by atoms with Crippen molar-refractivity contribution in [2.24, 2.45) is 0 Å². The van der Waals surface area contributed by atoms with Crippen LogP contribution in [0.25, 0.3) is 0 Å². The molecule has 110 valence electrons. The fraction of sp³-hybridized carbons (Fsp3) is 0.571. The quantitative estimate of drug-likeness (QED) is 0.876. The highest BCUT2D eigenvalue weighted by Crippen LogP contribution is 2.28. The molecule has 0 spiro atoms. The summed E-state index contributed by atoms with van der Waals surface area (Å²) in [6.07, 6.45) is 5.44. The Morgan fingerprint density at radius 1 is 1.50 bits per heavy atom. The lowest BCUT2D eigenvalue weighted by atomic mass is 10.2. The lowest BCUT2D eigenvalue weighted by molar-refractivity contribution is 0.0934. The summed E-state index contributed by atoms with van der Waals surface area (Å²) in [6, 6.07) is 3.71. The van der Waals surface area contributed by atoms with E-state index < -0.39 is 0 Å². The summed E-state index contributed by atoms with van der Waals surface area (Å²) in [4.78, 5) is 16.6. The number of carbonyl (C=O) groups is 1. The molecule has 1 heterocycles. The van der Waals surface area contributed by atoms with Crippen molar-refractivity contribution in [3.63, 3.8) is 0 Å². The maximum Gasteiger partial charge on any atom is 0.271 e. The second-order valence-electron chi connectivity index (χ2n) is 4.84. The molecule has 6 heteroatoms. The highest BCUT2D eigenvalue weighted by molar-refractivity contribution is 7.99. The second-order valence-corrected chi connectivity index (χ2v) is 6.33. The number of hydrogen-bond acceptors (Lipinski definition) is 4. The molecule has 1 amide bonds. The Hall–Kier alpha value is -0.940. The molecule has 1 aromatic rings. The summed E-state index contributed by atoms with van der Waals surface area (Å²) < 4.78 is 0. The van der Waals surface area contributed by atoms with Gasteiger partial charge in [0.25, 0.3) is 5.91 Å². The molecule has 1 aromatic heterocycles. The van der Waals surface area contributed by atoms with Crippen LogP contribution in [0.15, 0.2) is 12.1 Å². The summed E-state index contributed by atoms with van der Waals surface area (Å²) in [5.41, 5.74) is 0.303. The zero-order chi connectivity index (χ0) is 14.5. The first-order valence-electron chi connectivity index (χ1n) is 6.89. The molecule has 1 aliphatic carbocycles. The van der Waals surface area contributed by atoms with Crippen LogP contribution in [0, 0.1) is 0 Å². The van der Waals surface area contributed by atoms with Gasteiger partial charge < -0.3 is 10.6 Å². The van der Waals surface area contributed by atoms with Crippen molar-refractivity contribution < 1.29 is 4.79 Å². The largest absolute Gasteiger partial charge is 0.370 e. The van der Waals surface area contributed by atoms with Gasteiger partial charge in [-0.05, 0) is 38.2 Å². The molecule has 0 saturated heterocycles. The minimum Gasteiger partial charge on any atom is -0.370 e. The average molecular weight is 314 g/mol. The lowest BCUT2D eigenvalue weighted by Gasteiger charge is -2.19. The van der Waals surface area contributed by atoms with Crippen molar-refractivity contribution >= 4 is 35.1 Å². The molecule has 0 aromatic carbocycles. The SMILES string of the molecule is CCNc1ccc(Cl)c(C(=O)NC2CCCC2SC)n1. The summed E-state index contributed by atoms with van der Waals surface area (Å²) in [6.45, 7) is 2.74. The molecule has 1 aliphatic rings. The standard InChI is InChI=1S/C14H20ClN3OS/c1-3-16-12-8-7-9(15)13(18-12)14(19)17-10-5-4-6-11(10)20-2/h7-8,10-11H,3-6H2,1-2H3,(H,16,18)(H,17,19). The van der Waals surface area contributed by atoms with Gasteiger partial charge in [0, 0.05) is 17.8 Å². The topological polar surface area (TPSA) is 54.0 Å². The van der Waals surface area contributed by atoms with Crippen molar-refractivity contribution in [2.75, 3.05) is 18.1 Å². The number of pyridine rings is 1. The molecule has 20 heavy (non-hydrogen) atoms. The van der Waals surface area contributed by atoms with Gasteiger partial charge in [-0.2, -0.15) is 11.8 Å². The fourth-order valence-electron chi connectivity index (χ4n) is 2.49. The van der Waals surface area contributed by atoms with Crippen LogP contribution in [0.5, 0.6) is 0 Å². The molecule has 2 N–H and O–H groups in total. The molecule has 4 nitrogen and oxygen atoms in total. The van der Waals surface area contributed by atoms with Gasteiger partial charge in [-0.25, -0.2) is 4.98 Å². The fourth-order valence-corrected chi connectivity index (χ4v) is 3.62. The minimum atomic E-state index is -0.180. The zero-order valence-corrected chi connectivity index (χ0v) is 13.4. The molecule has 2 atom stereocenters. The maximum atomic E-state index is 12.3. The number of nitrogens with zero attached hydrogens (tertiary/aromatic N) is 1. The van der Waals surface area contributed by atoms with E-state index in [1.807, 2.05) is 18.7 Å². The van der Waals surface area contributed by atoms with E-state index in [0.29, 0.717) is 21.8 Å². The predicted molar refractivity (Wildman–Crippen MR) is 85.8 cm³/mol. The van der Waals surface area contributed by atoms with E-state index in [1.54, 1.807) is 12.1 Å². The summed E-state index contributed by atoms with van der Waals surface area (Å²) in [5, 5.41) is 7.05. The van der Waals surface area contributed by atoms with E-state index in [9.17, 15) is 4.79 Å². The summed E-state index contributed by atoms with van der Waals surface area (Å²) >= 11 is 7.90. The monoisotopic (exact) mass is 313 g/mol. The maximum absolute atomic E-state index is 12.3. The third-order valence-corrected chi connectivity index (χ3v) is 4.97. The molecule has 2 rings (SSSR count). The van der Waals surface area contributed by atoms with Crippen molar-refractivity contribution in [3.05, 3.63) is 22.8 Å². The van der Waals surface area contributed by atoms with E-state index in [1.165, 1.54) is 0 Å². The van der Waals surface area contributed by atoms with Crippen LogP contribution < -0.4 is 10.6 Å². The van der Waals surface area contributed by atoms with E-state index in [-0.39, 0.29) is 11.9 Å².